The zero-order valence-electron chi connectivity index (χ0n) is 11.9. The third-order valence-electron chi connectivity index (χ3n) is 3.56. The van der Waals surface area contributed by atoms with Crippen LogP contribution in [0.15, 0.2) is 59.0 Å². The Bertz CT molecular complexity index is 703. The third-order valence-corrected chi connectivity index (χ3v) is 3.56. The van der Waals surface area contributed by atoms with Crippen molar-refractivity contribution < 1.29 is 9.15 Å². The lowest BCUT2D eigenvalue weighted by Crippen LogP contribution is -2.29. The molecule has 0 aliphatic rings. The van der Waals surface area contributed by atoms with Gasteiger partial charge in [0.1, 0.15) is 17.1 Å². The summed E-state index contributed by atoms with van der Waals surface area (Å²) in [6.07, 6.45) is 0.730. The van der Waals surface area contributed by atoms with Gasteiger partial charge in [0.2, 0.25) is 0 Å². The van der Waals surface area contributed by atoms with Gasteiger partial charge in [-0.3, -0.25) is 5.84 Å². The van der Waals surface area contributed by atoms with E-state index in [-0.39, 0.29) is 6.04 Å². The van der Waals surface area contributed by atoms with E-state index in [0.29, 0.717) is 0 Å². The molecule has 0 amide bonds. The molecule has 0 radical (unpaired) electrons. The van der Waals surface area contributed by atoms with E-state index in [0.717, 1.165) is 34.5 Å². The molecule has 3 N–H and O–H groups in total. The van der Waals surface area contributed by atoms with Crippen LogP contribution in [0.3, 0.4) is 0 Å². The molecule has 0 spiro atoms. The number of rotatable bonds is 5. The van der Waals surface area contributed by atoms with E-state index in [2.05, 4.69) is 11.5 Å². The molecule has 1 unspecified atom stereocenters. The predicted molar refractivity (Wildman–Crippen MR) is 83.0 cm³/mol. The molecule has 0 fully saturated rings. The van der Waals surface area contributed by atoms with E-state index < -0.39 is 0 Å². The fraction of sp³-hybridized carbons (Fsp3) is 0.176. The molecule has 1 aromatic heterocycles. The average Bonchev–Trinajstić information content (AvgIpc) is 2.96. The van der Waals surface area contributed by atoms with Gasteiger partial charge in [-0.2, -0.15) is 0 Å². The number of benzene rings is 2. The number of hydrogen-bond acceptors (Lipinski definition) is 4. The summed E-state index contributed by atoms with van der Waals surface area (Å²) in [5.74, 6) is 7.38. The summed E-state index contributed by atoms with van der Waals surface area (Å²) in [6, 6.07) is 17.8. The first-order valence-electron chi connectivity index (χ1n) is 6.87. The molecule has 2 aromatic carbocycles. The molecule has 3 rings (SSSR count). The topological polar surface area (TPSA) is 60.4 Å². The van der Waals surface area contributed by atoms with Gasteiger partial charge in [0.05, 0.1) is 13.2 Å². The van der Waals surface area contributed by atoms with E-state index in [1.165, 1.54) is 0 Å². The lowest BCUT2D eigenvalue weighted by Gasteiger charge is -2.13. The minimum atomic E-state index is -0.0792. The standard InChI is InChI=1S/C17H18N2O2/c1-20-14-7-4-5-12(9-14)10-15(19-18)17-11-13-6-2-3-8-16(13)21-17/h2-9,11,15,19H,10,18H2,1H3. The number of furan rings is 1. The summed E-state index contributed by atoms with van der Waals surface area (Å²) in [7, 11) is 1.66. The number of nitrogens with one attached hydrogen (secondary N) is 1. The van der Waals surface area contributed by atoms with Crippen LogP contribution in [0.4, 0.5) is 0 Å². The maximum absolute atomic E-state index is 5.88. The van der Waals surface area contributed by atoms with Crippen molar-refractivity contribution in [1.29, 1.82) is 0 Å². The van der Waals surface area contributed by atoms with Gasteiger partial charge < -0.3 is 9.15 Å². The van der Waals surface area contributed by atoms with Crippen LogP contribution in [0.1, 0.15) is 17.4 Å². The number of methoxy groups -OCH3 is 1. The van der Waals surface area contributed by atoms with Gasteiger partial charge in [0.25, 0.3) is 0 Å². The van der Waals surface area contributed by atoms with E-state index >= 15 is 0 Å². The van der Waals surface area contributed by atoms with Crippen molar-refractivity contribution in [2.75, 3.05) is 7.11 Å². The van der Waals surface area contributed by atoms with Crippen molar-refractivity contribution in [3.8, 4) is 5.75 Å². The highest BCUT2D eigenvalue weighted by Gasteiger charge is 2.15. The van der Waals surface area contributed by atoms with Crippen LogP contribution >= 0.6 is 0 Å². The van der Waals surface area contributed by atoms with Crippen molar-refractivity contribution in [3.05, 3.63) is 65.9 Å². The molecule has 4 nitrogen and oxygen atoms in total. The van der Waals surface area contributed by atoms with Crippen LogP contribution in [-0.2, 0) is 6.42 Å². The number of fused-ring (bicyclic) bond motifs is 1. The van der Waals surface area contributed by atoms with Crippen molar-refractivity contribution in [2.45, 2.75) is 12.5 Å². The highest BCUT2D eigenvalue weighted by atomic mass is 16.5. The minimum absolute atomic E-state index is 0.0792. The van der Waals surface area contributed by atoms with Gasteiger partial charge in [-0.1, -0.05) is 30.3 Å². The summed E-state index contributed by atoms with van der Waals surface area (Å²) in [6.45, 7) is 0. The number of para-hydroxylation sites is 1. The third kappa shape index (κ3) is 2.91. The number of ether oxygens (including phenoxy) is 1. The van der Waals surface area contributed by atoms with Gasteiger partial charge in [-0.05, 0) is 36.2 Å². The first-order valence-corrected chi connectivity index (χ1v) is 6.87. The van der Waals surface area contributed by atoms with Gasteiger partial charge in [0.15, 0.2) is 0 Å². The number of hydrogen-bond donors (Lipinski definition) is 2. The maximum Gasteiger partial charge on any atom is 0.134 e. The lowest BCUT2D eigenvalue weighted by molar-refractivity contribution is 0.411. The zero-order valence-corrected chi connectivity index (χ0v) is 11.9. The van der Waals surface area contributed by atoms with Crippen LogP contribution < -0.4 is 16.0 Å². The second kappa shape index (κ2) is 5.99. The Kier molecular flexibility index (Phi) is 3.90. The molecular formula is C17H18N2O2. The summed E-state index contributed by atoms with van der Waals surface area (Å²) in [4.78, 5) is 0. The molecule has 0 bridgehead atoms. The molecule has 0 aliphatic carbocycles. The SMILES string of the molecule is COc1cccc(CC(NN)c2cc3ccccc3o2)c1. The number of hydrazine groups is 1. The molecule has 0 saturated heterocycles. The molecule has 108 valence electrons. The molecule has 0 saturated carbocycles. The normalized spacial score (nSPS) is 12.5. The molecular weight excluding hydrogens is 264 g/mol. The Morgan fingerprint density at radius 1 is 1.14 bits per heavy atom. The van der Waals surface area contributed by atoms with E-state index in [1.54, 1.807) is 7.11 Å². The fourth-order valence-electron chi connectivity index (χ4n) is 2.45. The second-order valence-corrected chi connectivity index (χ2v) is 4.96. The highest BCUT2D eigenvalue weighted by Crippen LogP contribution is 2.26. The largest absolute Gasteiger partial charge is 0.497 e. The van der Waals surface area contributed by atoms with Crippen molar-refractivity contribution in [1.82, 2.24) is 5.43 Å². The van der Waals surface area contributed by atoms with Crippen LogP contribution in [0.5, 0.6) is 5.75 Å². The summed E-state index contributed by atoms with van der Waals surface area (Å²) in [5, 5.41) is 1.08. The Morgan fingerprint density at radius 3 is 2.76 bits per heavy atom. The molecule has 1 atom stereocenters. The first kappa shape index (κ1) is 13.7. The smallest absolute Gasteiger partial charge is 0.134 e. The highest BCUT2D eigenvalue weighted by molar-refractivity contribution is 5.77. The maximum atomic E-state index is 5.88. The summed E-state index contributed by atoms with van der Waals surface area (Å²) < 4.78 is 11.1. The van der Waals surface area contributed by atoms with Gasteiger partial charge in [0, 0.05) is 5.39 Å². The molecule has 1 heterocycles. The summed E-state index contributed by atoms with van der Waals surface area (Å²) in [5.41, 5.74) is 4.84. The zero-order chi connectivity index (χ0) is 14.7. The Hall–Kier alpha value is -2.30. The molecule has 0 aliphatic heterocycles. The lowest BCUT2D eigenvalue weighted by atomic mass is 10.0. The van der Waals surface area contributed by atoms with Crippen LogP contribution in [0.25, 0.3) is 11.0 Å². The van der Waals surface area contributed by atoms with Crippen molar-refractivity contribution in [2.24, 2.45) is 5.84 Å². The van der Waals surface area contributed by atoms with Gasteiger partial charge in [-0.25, -0.2) is 5.43 Å². The Balaban J connectivity index is 1.87. The van der Waals surface area contributed by atoms with Crippen LogP contribution in [-0.4, -0.2) is 7.11 Å². The van der Waals surface area contributed by atoms with E-state index in [4.69, 9.17) is 15.0 Å². The van der Waals surface area contributed by atoms with E-state index in [1.807, 2.05) is 48.5 Å². The van der Waals surface area contributed by atoms with Crippen LogP contribution in [0, 0.1) is 0 Å². The molecule has 3 aromatic rings. The van der Waals surface area contributed by atoms with E-state index in [9.17, 15) is 0 Å². The fourth-order valence-corrected chi connectivity index (χ4v) is 2.45. The molecule has 21 heavy (non-hydrogen) atoms. The number of nitrogens with two attached hydrogens (primary N) is 1. The van der Waals surface area contributed by atoms with Gasteiger partial charge in [-0.15, -0.1) is 0 Å². The second-order valence-electron chi connectivity index (χ2n) is 4.96. The average molecular weight is 282 g/mol. The Morgan fingerprint density at radius 2 is 2.00 bits per heavy atom. The Labute approximate surface area is 123 Å². The van der Waals surface area contributed by atoms with Gasteiger partial charge >= 0.3 is 0 Å². The van der Waals surface area contributed by atoms with Crippen LogP contribution in [0.2, 0.25) is 0 Å². The first-order chi connectivity index (χ1) is 10.3. The summed E-state index contributed by atoms with van der Waals surface area (Å²) >= 11 is 0. The van der Waals surface area contributed by atoms with Crippen molar-refractivity contribution >= 4 is 11.0 Å². The van der Waals surface area contributed by atoms with Crippen molar-refractivity contribution in [3.63, 3.8) is 0 Å². The quantitative estimate of drug-likeness (QED) is 0.557. The monoisotopic (exact) mass is 282 g/mol. The minimum Gasteiger partial charge on any atom is -0.497 e. The molecule has 4 heteroatoms. The predicted octanol–water partition coefficient (Wildman–Crippen LogP) is 3.19.